The van der Waals surface area contributed by atoms with E-state index in [0.29, 0.717) is 31.5 Å². The minimum Gasteiger partial charge on any atom is -0.461 e. The number of hydrogen-bond acceptors (Lipinski definition) is 10. The Bertz CT molecular complexity index is 1470. The van der Waals surface area contributed by atoms with Crippen LogP contribution < -0.4 is 5.32 Å². The third kappa shape index (κ3) is 7.76. The summed E-state index contributed by atoms with van der Waals surface area (Å²) in [6, 6.07) is -0.938. The largest absolute Gasteiger partial charge is 0.461 e. The molecule has 11 atom stereocenters. The van der Waals surface area contributed by atoms with Gasteiger partial charge in [-0.05, 0) is 70.1 Å². The minimum atomic E-state index is -0.938. The first-order valence-corrected chi connectivity index (χ1v) is 19.5. The van der Waals surface area contributed by atoms with Gasteiger partial charge in [0.2, 0.25) is 5.91 Å². The van der Waals surface area contributed by atoms with E-state index in [1.54, 1.807) is 33.0 Å². The molecule has 1 saturated heterocycles. The van der Waals surface area contributed by atoms with Crippen LogP contribution in [0.1, 0.15) is 92.7 Å². The number of carbonyl (C=O) groups is 4. The maximum atomic E-state index is 13.7. The van der Waals surface area contributed by atoms with Crippen LogP contribution in [0, 0.1) is 34.0 Å². The molecule has 2 bridgehead atoms. The number of hydrogen-bond donors (Lipinski definition) is 4. The molecule has 4 aliphatic rings. The summed E-state index contributed by atoms with van der Waals surface area (Å²) >= 11 is 1.30. The van der Waals surface area contributed by atoms with Crippen molar-refractivity contribution >= 4 is 35.5 Å². The summed E-state index contributed by atoms with van der Waals surface area (Å²) in [5.41, 5.74) is -1.75. The number of rotatable bonds is 9. The summed E-state index contributed by atoms with van der Waals surface area (Å²) in [6.07, 6.45) is 5.83. The summed E-state index contributed by atoms with van der Waals surface area (Å²) in [5.74, 6) is -0.860. The second-order valence-corrected chi connectivity index (χ2v) is 18.3. The molecule has 0 radical (unpaired) electrons. The van der Waals surface area contributed by atoms with Crippen molar-refractivity contribution in [2.75, 3.05) is 18.8 Å². The number of Topliss-reactive ketones (excluding diaryl/α,β-unsaturated/α-hetero) is 1. The molecule has 284 valence electrons. The van der Waals surface area contributed by atoms with Crippen molar-refractivity contribution in [3.63, 3.8) is 0 Å². The number of H-pyrrole nitrogens is 1. The van der Waals surface area contributed by atoms with E-state index in [9.17, 15) is 29.4 Å². The Labute approximate surface area is 306 Å². The fraction of sp³-hybridized carbons (Fsp3) is 0.763. The van der Waals surface area contributed by atoms with Gasteiger partial charge in [-0.3, -0.25) is 14.4 Å². The van der Waals surface area contributed by atoms with Crippen molar-refractivity contribution in [3.05, 3.63) is 30.9 Å². The van der Waals surface area contributed by atoms with Gasteiger partial charge in [-0.25, -0.2) is 9.78 Å². The number of carbonyl (C=O) groups excluding carboxylic acids is 4. The van der Waals surface area contributed by atoms with Crippen LogP contribution in [0.5, 0.6) is 0 Å². The quantitative estimate of drug-likeness (QED) is 0.210. The first kappa shape index (κ1) is 39.3. The van der Waals surface area contributed by atoms with Gasteiger partial charge in [0, 0.05) is 59.8 Å². The zero-order valence-electron chi connectivity index (χ0n) is 31.3. The van der Waals surface area contributed by atoms with Crippen LogP contribution in [0.2, 0.25) is 0 Å². The molecule has 4 N–H and O–H groups in total. The van der Waals surface area contributed by atoms with Crippen molar-refractivity contribution in [2.45, 2.75) is 129 Å². The van der Waals surface area contributed by atoms with Crippen LogP contribution in [0.3, 0.4) is 0 Å². The van der Waals surface area contributed by atoms with Crippen LogP contribution in [0.4, 0.5) is 4.79 Å². The van der Waals surface area contributed by atoms with Crippen molar-refractivity contribution < 1.29 is 38.9 Å². The highest BCUT2D eigenvalue weighted by Crippen LogP contribution is 2.68. The van der Waals surface area contributed by atoms with Crippen molar-refractivity contribution in [3.8, 4) is 0 Å². The number of ketones is 1. The van der Waals surface area contributed by atoms with Gasteiger partial charge in [-0.15, -0.1) is 18.3 Å². The Morgan fingerprint density at radius 2 is 1.94 bits per heavy atom. The lowest BCUT2D eigenvalue weighted by Gasteiger charge is -2.61. The average molecular weight is 731 g/mol. The molecule has 2 amide bonds. The summed E-state index contributed by atoms with van der Waals surface area (Å²) in [7, 11) is 0. The number of alkyl carbamates (subject to hydrolysis) is 1. The van der Waals surface area contributed by atoms with Crippen LogP contribution in [-0.4, -0.2) is 103 Å². The number of nitrogens with zero attached hydrogens (tertiary/aromatic N) is 2. The molecule has 3 saturated carbocycles. The normalized spacial score (nSPS) is 37.4. The van der Waals surface area contributed by atoms with E-state index in [1.165, 1.54) is 23.0 Å². The number of β-amino-alcohol motifs (C(OH)–C–C–N with tert-alkyl or cyclic N) is 1. The second-order valence-electron chi connectivity index (χ2n) is 17.0. The predicted molar refractivity (Wildman–Crippen MR) is 194 cm³/mol. The molecule has 4 fully saturated rings. The van der Waals surface area contributed by atoms with Gasteiger partial charge in [-0.2, -0.15) is 0 Å². The zero-order chi connectivity index (χ0) is 37.5. The SMILES string of the molecule is C=C[C@]1(C)C[C@@H](OC(=O)CSC2CCN(C(=O)C(Cc3cnc[nH]3)NC(=O)OC(C)(C)C)CC2O)[C@]2(C)C(C)CCC3(CCC(=O)C32)[C@@H](C)C1O. The van der Waals surface area contributed by atoms with E-state index < -0.39 is 52.8 Å². The molecule has 2 heterocycles. The topological polar surface area (TPSA) is 171 Å². The number of amides is 2. The highest BCUT2D eigenvalue weighted by Gasteiger charge is 2.68. The number of aromatic amines is 1. The van der Waals surface area contributed by atoms with Gasteiger partial charge < -0.3 is 34.9 Å². The van der Waals surface area contributed by atoms with Gasteiger partial charge in [0.15, 0.2) is 0 Å². The third-order valence-corrected chi connectivity index (χ3v) is 14.2. The number of piperidine rings is 1. The Kier molecular flexibility index (Phi) is 11.4. The Morgan fingerprint density at radius 3 is 2.57 bits per heavy atom. The van der Waals surface area contributed by atoms with Gasteiger partial charge in [0.25, 0.3) is 0 Å². The fourth-order valence-corrected chi connectivity index (χ4v) is 10.7. The number of nitrogens with one attached hydrogen (secondary N) is 2. The smallest absolute Gasteiger partial charge is 0.408 e. The highest BCUT2D eigenvalue weighted by molar-refractivity contribution is 8.00. The summed E-state index contributed by atoms with van der Waals surface area (Å²) in [4.78, 5) is 62.2. The van der Waals surface area contributed by atoms with Crippen molar-refractivity contribution in [2.24, 2.45) is 34.0 Å². The number of aliphatic hydroxyl groups excluding tert-OH is 2. The molecule has 3 aliphatic carbocycles. The van der Waals surface area contributed by atoms with Crippen LogP contribution in [0.25, 0.3) is 0 Å². The minimum absolute atomic E-state index is 0.00714. The molecular formula is C38H58N4O8S. The molecule has 1 aromatic rings. The molecule has 5 rings (SSSR count). The first-order valence-electron chi connectivity index (χ1n) is 18.4. The second kappa shape index (κ2) is 14.9. The van der Waals surface area contributed by atoms with E-state index in [-0.39, 0.29) is 58.8 Å². The Hall–Kier alpha value is -2.90. The van der Waals surface area contributed by atoms with E-state index in [4.69, 9.17) is 9.47 Å². The van der Waals surface area contributed by atoms with Crippen LogP contribution in [0.15, 0.2) is 25.2 Å². The van der Waals surface area contributed by atoms with E-state index >= 15 is 0 Å². The van der Waals surface area contributed by atoms with Crippen LogP contribution >= 0.6 is 11.8 Å². The predicted octanol–water partition coefficient (Wildman–Crippen LogP) is 4.45. The molecule has 0 spiro atoms. The summed E-state index contributed by atoms with van der Waals surface area (Å²) in [5, 5.41) is 25.3. The maximum absolute atomic E-state index is 13.7. The fourth-order valence-electron chi connectivity index (χ4n) is 9.66. The number of aliphatic hydroxyl groups is 2. The number of thioether (sulfide) groups is 1. The molecule has 1 aliphatic heterocycles. The molecule has 1 aromatic heterocycles. The summed E-state index contributed by atoms with van der Waals surface area (Å²) < 4.78 is 11.8. The Balaban J connectivity index is 1.24. The van der Waals surface area contributed by atoms with Crippen molar-refractivity contribution in [1.29, 1.82) is 0 Å². The van der Waals surface area contributed by atoms with Gasteiger partial charge in [0.05, 0.1) is 24.3 Å². The number of likely N-dealkylation sites (tertiary alicyclic amines) is 1. The zero-order valence-corrected chi connectivity index (χ0v) is 32.1. The van der Waals surface area contributed by atoms with Crippen molar-refractivity contribution in [1.82, 2.24) is 20.2 Å². The number of esters is 1. The lowest BCUT2D eigenvalue weighted by Crippen LogP contribution is -2.63. The molecular weight excluding hydrogens is 673 g/mol. The highest BCUT2D eigenvalue weighted by atomic mass is 32.2. The van der Waals surface area contributed by atoms with Gasteiger partial charge in [0.1, 0.15) is 23.5 Å². The van der Waals surface area contributed by atoms with E-state index in [1.807, 2.05) is 6.92 Å². The lowest BCUT2D eigenvalue weighted by molar-refractivity contribution is -0.205. The molecule has 0 aromatic carbocycles. The number of aromatic nitrogens is 2. The number of imidazole rings is 1. The lowest BCUT2D eigenvalue weighted by atomic mass is 9.44. The van der Waals surface area contributed by atoms with E-state index in [0.717, 1.165) is 19.3 Å². The van der Waals surface area contributed by atoms with Gasteiger partial charge >= 0.3 is 12.1 Å². The monoisotopic (exact) mass is 730 g/mol. The molecule has 12 nitrogen and oxygen atoms in total. The molecule has 13 heteroatoms. The standard InChI is InChI=1S/C38H58N4O8S/c1-9-36(7)17-29(37(8)22(2)10-13-38(23(3)32(36)46)14-11-26(43)31(37)38)49-30(45)20-51-28-12-15-42(19-27(28)44)33(47)25(16-24-18-39-21-40-24)41-34(48)50-35(4,5)6/h9,18,21-23,25,27-29,31-32,44,46H,1,10-17,19-20H2,2-8H3,(H,39,40)(H,41,48)/t22?,23-,25?,27?,28?,29+,31?,32?,36+,37-,38?/m0/s1. The average Bonchev–Trinajstić information content (AvgIpc) is 3.71. The molecule has 51 heavy (non-hydrogen) atoms. The Morgan fingerprint density at radius 1 is 1.22 bits per heavy atom. The van der Waals surface area contributed by atoms with E-state index in [2.05, 4.69) is 42.6 Å². The maximum Gasteiger partial charge on any atom is 0.408 e. The first-order chi connectivity index (χ1) is 23.8. The third-order valence-electron chi connectivity index (χ3n) is 12.8. The number of ether oxygens (including phenoxy) is 2. The van der Waals surface area contributed by atoms with Crippen LogP contribution in [-0.2, 0) is 30.3 Å². The summed E-state index contributed by atoms with van der Waals surface area (Å²) in [6.45, 7) is 18.0. The molecule has 7 unspecified atom stereocenters. The van der Waals surface area contributed by atoms with Gasteiger partial charge in [-0.1, -0.05) is 33.8 Å².